The van der Waals surface area contributed by atoms with E-state index < -0.39 is 12.1 Å². The number of carbonyl (C=O) groups is 2. The number of aliphatic hydroxyl groups is 1. The van der Waals surface area contributed by atoms with Crippen molar-refractivity contribution in [3.05, 3.63) is 36.5 Å². The second kappa shape index (κ2) is 11.8. The largest absolute Gasteiger partial charge is 0.481 e. The van der Waals surface area contributed by atoms with E-state index in [4.69, 9.17) is 5.11 Å². The van der Waals surface area contributed by atoms with Crippen LogP contribution in [0, 0.1) is 11.8 Å². The molecule has 4 heteroatoms. The second-order valence-corrected chi connectivity index (χ2v) is 6.89. The van der Waals surface area contributed by atoms with Crippen molar-refractivity contribution >= 4 is 11.8 Å². The molecule has 0 spiro atoms. The number of aliphatic carboxylic acids is 1. The minimum absolute atomic E-state index is 0.0359. The van der Waals surface area contributed by atoms with Gasteiger partial charge >= 0.3 is 5.97 Å². The highest BCUT2D eigenvalue weighted by Gasteiger charge is 2.35. The van der Waals surface area contributed by atoms with Crippen LogP contribution in [0.4, 0.5) is 0 Å². The molecule has 0 aliphatic heterocycles. The van der Waals surface area contributed by atoms with Crippen molar-refractivity contribution in [3.8, 4) is 0 Å². The molecule has 0 unspecified atom stereocenters. The number of hydrogen-bond acceptors (Lipinski definition) is 3. The molecule has 1 fully saturated rings. The summed E-state index contributed by atoms with van der Waals surface area (Å²) >= 11 is 0. The van der Waals surface area contributed by atoms with Gasteiger partial charge in [-0.1, -0.05) is 50.1 Å². The molecule has 1 saturated carbocycles. The van der Waals surface area contributed by atoms with Crippen molar-refractivity contribution in [2.24, 2.45) is 11.8 Å². The Morgan fingerprint density at radius 1 is 1.20 bits per heavy atom. The van der Waals surface area contributed by atoms with E-state index in [2.05, 4.69) is 13.5 Å². The first kappa shape index (κ1) is 21.4. The van der Waals surface area contributed by atoms with Gasteiger partial charge in [-0.05, 0) is 44.1 Å². The summed E-state index contributed by atoms with van der Waals surface area (Å²) in [6, 6.07) is 0. The van der Waals surface area contributed by atoms with Crippen LogP contribution in [0.25, 0.3) is 0 Å². The number of allylic oxidation sites excluding steroid dienone is 4. The van der Waals surface area contributed by atoms with Crippen LogP contribution < -0.4 is 0 Å². The molecule has 3 atom stereocenters. The standard InChI is InChI=1S/C21H32O4/c1-3-4-7-10-17(22)13-14-18-16(2)15-20(23)19(18)11-8-5-6-9-12-21(24)25/h5,8,13-14,18-20,23H,2-4,6-7,9-12,15H2,1H3,(H,24,25)/b8-5-,14-13+/t18-,19+,20-/m0/s1. The van der Waals surface area contributed by atoms with Gasteiger partial charge in [-0.2, -0.15) is 0 Å². The monoisotopic (exact) mass is 348 g/mol. The van der Waals surface area contributed by atoms with Crippen LogP contribution >= 0.6 is 0 Å². The highest BCUT2D eigenvalue weighted by atomic mass is 16.4. The number of ketones is 1. The Labute approximate surface area is 151 Å². The predicted octanol–water partition coefficient (Wildman–Crippen LogP) is 4.45. The van der Waals surface area contributed by atoms with Crippen molar-refractivity contribution in [3.63, 3.8) is 0 Å². The Hall–Kier alpha value is -1.68. The van der Waals surface area contributed by atoms with Crippen molar-refractivity contribution in [2.75, 3.05) is 0 Å². The third-order valence-electron chi connectivity index (χ3n) is 4.75. The lowest BCUT2D eigenvalue weighted by Crippen LogP contribution is -2.17. The normalized spacial score (nSPS) is 23.8. The Morgan fingerprint density at radius 3 is 2.64 bits per heavy atom. The third-order valence-corrected chi connectivity index (χ3v) is 4.75. The van der Waals surface area contributed by atoms with Crippen molar-refractivity contribution in [1.29, 1.82) is 0 Å². The number of unbranched alkanes of at least 4 members (excludes halogenated alkanes) is 3. The van der Waals surface area contributed by atoms with Crippen LogP contribution in [0.3, 0.4) is 0 Å². The number of carbonyl (C=O) groups excluding carboxylic acids is 1. The molecule has 1 rings (SSSR count). The Balaban J connectivity index is 2.49. The molecular formula is C21H32O4. The summed E-state index contributed by atoms with van der Waals surface area (Å²) in [4.78, 5) is 22.4. The maximum atomic E-state index is 11.9. The first-order chi connectivity index (χ1) is 12.0. The summed E-state index contributed by atoms with van der Waals surface area (Å²) in [6.07, 6.45) is 13.6. The number of hydrogen-bond donors (Lipinski definition) is 2. The molecule has 0 amide bonds. The molecule has 0 saturated heterocycles. The zero-order chi connectivity index (χ0) is 18.7. The lowest BCUT2D eigenvalue weighted by atomic mass is 9.89. The molecule has 0 aromatic carbocycles. The van der Waals surface area contributed by atoms with Crippen LogP contribution in [0.2, 0.25) is 0 Å². The van der Waals surface area contributed by atoms with Crippen molar-refractivity contribution < 1.29 is 19.8 Å². The molecule has 25 heavy (non-hydrogen) atoms. The minimum atomic E-state index is -0.773. The zero-order valence-electron chi connectivity index (χ0n) is 15.3. The van der Waals surface area contributed by atoms with Gasteiger partial charge in [0.2, 0.25) is 0 Å². The lowest BCUT2D eigenvalue weighted by molar-refractivity contribution is -0.137. The number of rotatable bonds is 12. The van der Waals surface area contributed by atoms with Crippen LogP contribution in [-0.4, -0.2) is 28.1 Å². The summed E-state index contributed by atoms with van der Waals surface area (Å²) in [5.41, 5.74) is 0.981. The third kappa shape index (κ3) is 8.30. The van der Waals surface area contributed by atoms with Gasteiger partial charge in [-0.15, -0.1) is 0 Å². The SMILES string of the molecule is C=C1C[C@H](O)[C@H](C/C=C\CCCC(=O)O)[C@H]1/C=C/C(=O)CCCCC. The molecule has 1 aliphatic rings. The first-order valence-electron chi connectivity index (χ1n) is 9.39. The van der Waals surface area contributed by atoms with E-state index in [0.717, 1.165) is 31.3 Å². The number of aliphatic hydroxyl groups excluding tert-OH is 1. The summed E-state index contributed by atoms with van der Waals surface area (Å²) in [5, 5.41) is 18.9. The first-order valence-corrected chi connectivity index (χ1v) is 9.39. The van der Waals surface area contributed by atoms with E-state index in [1.807, 2.05) is 18.2 Å². The maximum absolute atomic E-state index is 11.9. The molecule has 0 aromatic rings. The fraction of sp³-hybridized carbons (Fsp3) is 0.619. The van der Waals surface area contributed by atoms with Crippen LogP contribution in [0.5, 0.6) is 0 Å². The Kier molecular flexibility index (Phi) is 10.1. The molecule has 0 heterocycles. The Bertz CT molecular complexity index is 504. The summed E-state index contributed by atoms with van der Waals surface area (Å²) in [5.74, 6) is -0.549. The molecule has 0 aromatic heterocycles. The van der Waals surface area contributed by atoms with Gasteiger partial charge in [-0.3, -0.25) is 9.59 Å². The maximum Gasteiger partial charge on any atom is 0.303 e. The number of carboxylic acid groups (broad SMARTS) is 1. The Morgan fingerprint density at radius 2 is 1.96 bits per heavy atom. The van der Waals surface area contributed by atoms with E-state index in [9.17, 15) is 14.7 Å². The fourth-order valence-corrected chi connectivity index (χ4v) is 3.27. The molecule has 0 radical (unpaired) electrons. The van der Waals surface area contributed by atoms with E-state index in [-0.39, 0.29) is 24.0 Å². The zero-order valence-corrected chi connectivity index (χ0v) is 15.3. The van der Waals surface area contributed by atoms with E-state index in [1.54, 1.807) is 6.08 Å². The number of carboxylic acids is 1. The highest BCUT2D eigenvalue weighted by Crippen LogP contribution is 2.39. The van der Waals surface area contributed by atoms with Crippen LogP contribution in [-0.2, 0) is 9.59 Å². The topological polar surface area (TPSA) is 74.6 Å². The van der Waals surface area contributed by atoms with Gasteiger partial charge in [0.25, 0.3) is 0 Å². The fourth-order valence-electron chi connectivity index (χ4n) is 3.27. The van der Waals surface area contributed by atoms with Gasteiger partial charge < -0.3 is 10.2 Å². The van der Waals surface area contributed by atoms with E-state index in [0.29, 0.717) is 25.7 Å². The van der Waals surface area contributed by atoms with Gasteiger partial charge in [0.1, 0.15) is 0 Å². The molecule has 1 aliphatic carbocycles. The quantitative estimate of drug-likeness (QED) is 0.310. The lowest BCUT2D eigenvalue weighted by Gasteiger charge is -2.18. The van der Waals surface area contributed by atoms with Crippen molar-refractivity contribution in [2.45, 2.75) is 70.8 Å². The average Bonchev–Trinajstić information content (AvgIpc) is 2.82. The van der Waals surface area contributed by atoms with Gasteiger partial charge in [0.05, 0.1) is 6.10 Å². The minimum Gasteiger partial charge on any atom is -0.481 e. The molecule has 4 nitrogen and oxygen atoms in total. The van der Waals surface area contributed by atoms with Crippen LogP contribution in [0.15, 0.2) is 36.5 Å². The summed E-state index contributed by atoms with van der Waals surface area (Å²) in [7, 11) is 0. The van der Waals surface area contributed by atoms with E-state index >= 15 is 0 Å². The molecule has 140 valence electrons. The average molecular weight is 348 g/mol. The van der Waals surface area contributed by atoms with Gasteiger partial charge in [-0.25, -0.2) is 0 Å². The van der Waals surface area contributed by atoms with E-state index in [1.165, 1.54) is 0 Å². The molecular weight excluding hydrogens is 316 g/mol. The second-order valence-electron chi connectivity index (χ2n) is 6.89. The predicted molar refractivity (Wildman–Crippen MR) is 100 cm³/mol. The summed E-state index contributed by atoms with van der Waals surface area (Å²) in [6.45, 7) is 6.17. The van der Waals surface area contributed by atoms with Gasteiger partial charge in [0.15, 0.2) is 5.78 Å². The van der Waals surface area contributed by atoms with Crippen LogP contribution in [0.1, 0.15) is 64.7 Å². The molecule has 2 N–H and O–H groups in total. The highest BCUT2D eigenvalue weighted by molar-refractivity contribution is 5.89. The van der Waals surface area contributed by atoms with Crippen molar-refractivity contribution in [1.82, 2.24) is 0 Å². The molecule has 0 bridgehead atoms. The van der Waals surface area contributed by atoms with Gasteiger partial charge in [0, 0.05) is 18.8 Å². The smallest absolute Gasteiger partial charge is 0.303 e. The summed E-state index contributed by atoms with van der Waals surface area (Å²) < 4.78 is 0.